The lowest BCUT2D eigenvalue weighted by atomic mass is 10.1. The van der Waals surface area contributed by atoms with E-state index in [9.17, 15) is 13.6 Å². The Bertz CT molecular complexity index is 937. The predicted molar refractivity (Wildman–Crippen MR) is 96.4 cm³/mol. The SMILES string of the molecule is CN(C)c1cccc2c(S(=O)(=O)N3CCN([N+]([O-])=NO)CC3)cccc12. The molecular formula is C16H21N5O4S. The van der Waals surface area contributed by atoms with Crippen molar-refractivity contribution >= 4 is 26.5 Å². The molecule has 0 aliphatic carbocycles. The van der Waals surface area contributed by atoms with Gasteiger partial charge in [0.25, 0.3) is 0 Å². The summed E-state index contributed by atoms with van der Waals surface area (Å²) in [6, 6.07) is 10.8. The molecule has 2 aromatic rings. The highest BCUT2D eigenvalue weighted by Gasteiger charge is 2.32. The predicted octanol–water partition coefficient (Wildman–Crippen LogP) is 1.48. The third-order valence-electron chi connectivity index (χ3n) is 4.49. The fourth-order valence-corrected chi connectivity index (χ4v) is 4.79. The van der Waals surface area contributed by atoms with Gasteiger partial charge in [-0.1, -0.05) is 24.3 Å². The van der Waals surface area contributed by atoms with Crippen molar-refractivity contribution in [2.75, 3.05) is 45.2 Å². The number of sulfonamides is 1. The second kappa shape index (κ2) is 6.96. The average Bonchev–Trinajstić information content (AvgIpc) is 2.66. The normalized spacial score (nSPS) is 16.8. The van der Waals surface area contributed by atoms with Crippen LogP contribution in [-0.2, 0) is 10.0 Å². The molecule has 0 unspecified atom stereocenters. The first-order valence-corrected chi connectivity index (χ1v) is 9.56. The fraction of sp³-hybridized carbons (Fsp3) is 0.375. The fourth-order valence-electron chi connectivity index (χ4n) is 3.16. The molecule has 1 N–H and O–H groups in total. The average molecular weight is 379 g/mol. The number of rotatable bonds is 4. The number of hydrazine groups is 1. The van der Waals surface area contributed by atoms with Gasteiger partial charge in [0.05, 0.1) is 23.0 Å². The van der Waals surface area contributed by atoms with Crippen LogP contribution in [0.3, 0.4) is 0 Å². The van der Waals surface area contributed by atoms with Gasteiger partial charge in [0.15, 0.2) is 0 Å². The second-order valence-electron chi connectivity index (χ2n) is 6.22. The van der Waals surface area contributed by atoms with Crippen LogP contribution < -0.4 is 4.90 Å². The van der Waals surface area contributed by atoms with Crippen LogP contribution in [0.15, 0.2) is 46.6 Å². The quantitative estimate of drug-likeness (QED) is 0.490. The smallest absolute Gasteiger partial charge is 0.243 e. The summed E-state index contributed by atoms with van der Waals surface area (Å²) < 4.78 is 27.7. The van der Waals surface area contributed by atoms with Crippen LogP contribution in [0.1, 0.15) is 0 Å². The lowest BCUT2D eigenvalue weighted by molar-refractivity contribution is -0.711. The lowest BCUT2D eigenvalue weighted by Crippen LogP contribution is -2.50. The Hall–Kier alpha value is -2.59. The first-order valence-electron chi connectivity index (χ1n) is 8.12. The maximum Gasteiger partial charge on any atom is 0.243 e. The molecule has 0 atom stereocenters. The largest absolute Gasteiger partial charge is 0.569 e. The van der Waals surface area contributed by atoms with Crippen molar-refractivity contribution in [2.45, 2.75) is 4.90 Å². The van der Waals surface area contributed by atoms with Gasteiger partial charge in [-0.3, -0.25) is 0 Å². The van der Waals surface area contributed by atoms with Crippen molar-refractivity contribution in [3.8, 4) is 0 Å². The molecule has 0 bridgehead atoms. The van der Waals surface area contributed by atoms with Crippen LogP contribution in [0.5, 0.6) is 0 Å². The number of nitrogens with zero attached hydrogens (tertiary/aromatic N) is 5. The number of fused-ring (bicyclic) bond motifs is 1. The number of anilines is 1. The Morgan fingerprint density at radius 3 is 2.31 bits per heavy atom. The highest BCUT2D eigenvalue weighted by molar-refractivity contribution is 7.89. The van der Waals surface area contributed by atoms with Crippen molar-refractivity contribution in [1.29, 1.82) is 0 Å². The summed E-state index contributed by atoms with van der Waals surface area (Å²) in [5.41, 5.74) is 0.941. The molecule has 1 aliphatic heterocycles. The molecule has 1 fully saturated rings. The Kier molecular flexibility index (Phi) is 4.88. The van der Waals surface area contributed by atoms with E-state index >= 15 is 0 Å². The highest BCUT2D eigenvalue weighted by atomic mass is 32.2. The number of hydrogen-bond acceptors (Lipinski definition) is 5. The molecule has 3 rings (SSSR count). The van der Waals surface area contributed by atoms with E-state index in [2.05, 4.69) is 5.28 Å². The first kappa shape index (κ1) is 18.2. The molecule has 26 heavy (non-hydrogen) atoms. The molecule has 0 saturated carbocycles. The van der Waals surface area contributed by atoms with Crippen molar-refractivity contribution in [1.82, 2.24) is 9.31 Å². The molecule has 0 spiro atoms. The molecule has 0 amide bonds. The van der Waals surface area contributed by atoms with E-state index in [1.54, 1.807) is 18.2 Å². The zero-order valence-electron chi connectivity index (χ0n) is 14.6. The van der Waals surface area contributed by atoms with E-state index in [4.69, 9.17) is 5.21 Å². The van der Waals surface area contributed by atoms with E-state index in [0.717, 1.165) is 11.1 Å². The monoisotopic (exact) mass is 379 g/mol. The molecule has 0 aromatic heterocycles. The zero-order chi connectivity index (χ0) is 18.9. The second-order valence-corrected chi connectivity index (χ2v) is 8.13. The summed E-state index contributed by atoms with van der Waals surface area (Å²) in [7, 11) is 0.113. The molecule has 1 aliphatic rings. The summed E-state index contributed by atoms with van der Waals surface area (Å²) in [4.78, 5) is 2.27. The Morgan fingerprint density at radius 2 is 1.69 bits per heavy atom. The van der Waals surface area contributed by atoms with Gasteiger partial charge in [-0.2, -0.15) is 4.31 Å². The first-order chi connectivity index (χ1) is 12.4. The summed E-state index contributed by atoms with van der Waals surface area (Å²) in [6.45, 7) is 0.585. The highest BCUT2D eigenvalue weighted by Crippen LogP contribution is 2.31. The van der Waals surface area contributed by atoms with Crippen LogP contribution >= 0.6 is 0 Å². The molecule has 0 radical (unpaired) electrons. The zero-order valence-corrected chi connectivity index (χ0v) is 15.4. The van der Waals surface area contributed by atoms with Crippen molar-refractivity contribution in [3.63, 3.8) is 0 Å². The van der Waals surface area contributed by atoms with Gasteiger partial charge >= 0.3 is 0 Å². The maximum absolute atomic E-state index is 13.2. The Morgan fingerprint density at radius 1 is 1.08 bits per heavy atom. The van der Waals surface area contributed by atoms with E-state index in [1.165, 1.54) is 9.31 Å². The number of piperazine rings is 1. The van der Waals surface area contributed by atoms with Crippen LogP contribution in [0, 0.1) is 5.21 Å². The Labute approximate surface area is 151 Å². The van der Waals surface area contributed by atoms with E-state index in [0.29, 0.717) is 5.39 Å². The molecule has 2 aromatic carbocycles. The molecule has 140 valence electrons. The maximum atomic E-state index is 13.2. The summed E-state index contributed by atoms with van der Waals surface area (Å²) >= 11 is 0. The molecular weight excluding hydrogens is 358 g/mol. The van der Waals surface area contributed by atoms with Crippen LogP contribution in [0.25, 0.3) is 10.8 Å². The molecule has 1 saturated heterocycles. The summed E-state index contributed by atoms with van der Waals surface area (Å²) in [5, 5.41) is 25.2. The lowest BCUT2D eigenvalue weighted by Gasteiger charge is -2.30. The Balaban J connectivity index is 1.97. The van der Waals surface area contributed by atoms with Gasteiger partial charge < -0.3 is 15.3 Å². The van der Waals surface area contributed by atoms with Crippen molar-refractivity contribution in [2.24, 2.45) is 5.28 Å². The summed E-state index contributed by atoms with van der Waals surface area (Å²) in [6.07, 6.45) is 0. The minimum Gasteiger partial charge on any atom is -0.569 e. The van der Waals surface area contributed by atoms with E-state index < -0.39 is 10.0 Å². The molecule has 9 nitrogen and oxygen atoms in total. The van der Waals surface area contributed by atoms with Gasteiger partial charge in [-0.25, -0.2) is 8.42 Å². The van der Waals surface area contributed by atoms with Crippen molar-refractivity contribution < 1.29 is 18.6 Å². The minimum absolute atomic E-state index is 0.0746. The van der Waals surface area contributed by atoms with Gasteiger partial charge in [-0.05, 0) is 12.1 Å². The number of hydrogen-bond donors (Lipinski definition) is 1. The van der Waals surface area contributed by atoms with Gasteiger partial charge in [-0.15, -0.1) is 5.01 Å². The van der Waals surface area contributed by atoms with Gasteiger partial charge in [0.1, 0.15) is 0 Å². The molecule has 10 heteroatoms. The third kappa shape index (κ3) is 3.13. The third-order valence-corrected chi connectivity index (χ3v) is 6.45. The van der Waals surface area contributed by atoms with E-state index in [1.807, 2.05) is 37.2 Å². The topological polar surface area (TPSA) is 103 Å². The minimum atomic E-state index is -3.71. The van der Waals surface area contributed by atoms with Crippen molar-refractivity contribution in [3.05, 3.63) is 41.6 Å². The summed E-state index contributed by atoms with van der Waals surface area (Å²) in [5.74, 6) is 0. The van der Waals surface area contributed by atoms with Gasteiger partial charge in [0, 0.05) is 43.6 Å². The molecule has 1 heterocycles. The number of benzene rings is 2. The van der Waals surface area contributed by atoms with Crippen LogP contribution in [0.4, 0.5) is 5.69 Å². The van der Waals surface area contributed by atoms with Crippen LogP contribution in [0.2, 0.25) is 0 Å². The standard InChI is InChI=1S/C16H21N5O4S/c1-18(2)15-7-3-6-14-13(15)5-4-8-16(14)26(24,25)20-11-9-19(10-12-20)21(23)17-22/h3-8,22H,9-12H2,1-2H3. The van der Waals surface area contributed by atoms with Gasteiger partial charge in [0.2, 0.25) is 15.3 Å². The van der Waals surface area contributed by atoms with E-state index in [-0.39, 0.29) is 36.0 Å². The van der Waals surface area contributed by atoms with Crippen LogP contribution in [-0.4, -0.2) is 68.2 Å².